The number of halogens is 1. The molecule has 2 amide bonds. The lowest BCUT2D eigenvalue weighted by molar-refractivity contribution is 0.202. The minimum absolute atomic E-state index is 0.110. The number of likely N-dealkylation sites (N-methyl/N-ethyl adjacent to an activating group) is 1. The molecule has 2 aromatic rings. The van der Waals surface area contributed by atoms with Gasteiger partial charge in [0.2, 0.25) is 0 Å². The van der Waals surface area contributed by atoms with Crippen LogP contribution in [0.25, 0.3) is 11.5 Å². The number of aromatic nitrogens is 2. The maximum Gasteiger partial charge on any atom is 0.321 e. The quantitative estimate of drug-likeness (QED) is 0.876. The van der Waals surface area contributed by atoms with E-state index in [-0.39, 0.29) is 19.2 Å². The van der Waals surface area contributed by atoms with Crippen LogP contribution in [0.3, 0.4) is 0 Å². The van der Waals surface area contributed by atoms with Gasteiger partial charge in [0, 0.05) is 24.5 Å². The molecule has 0 aliphatic heterocycles. The molecule has 7 nitrogen and oxygen atoms in total. The molecule has 1 aromatic carbocycles. The molecule has 1 saturated carbocycles. The minimum atomic E-state index is -0.357. The summed E-state index contributed by atoms with van der Waals surface area (Å²) in [5.41, 5.74) is 1.10. The number of benzene rings is 1. The van der Waals surface area contributed by atoms with E-state index in [1.807, 2.05) is 0 Å². The topological polar surface area (TPSA) is 91.5 Å². The second kappa shape index (κ2) is 6.55. The first kappa shape index (κ1) is 15.8. The zero-order valence-electron chi connectivity index (χ0n) is 12.6. The number of carbonyl (C=O) groups excluding carboxylic acids is 1. The molecular weight excluding hydrogens is 320 g/mol. The molecular formula is C15H17ClN4O3. The number of hydrogen-bond acceptors (Lipinski definition) is 5. The van der Waals surface area contributed by atoms with E-state index in [4.69, 9.17) is 21.2 Å². The van der Waals surface area contributed by atoms with Crippen LogP contribution in [0.5, 0.6) is 0 Å². The van der Waals surface area contributed by atoms with Crippen LogP contribution >= 0.6 is 11.6 Å². The first-order chi connectivity index (χ1) is 11.1. The van der Waals surface area contributed by atoms with Gasteiger partial charge in [0.15, 0.2) is 5.82 Å². The highest BCUT2D eigenvalue weighted by Gasteiger charge is 2.29. The van der Waals surface area contributed by atoms with Crippen LogP contribution in [-0.2, 0) is 0 Å². The highest BCUT2D eigenvalue weighted by atomic mass is 35.5. The largest absolute Gasteiger partial charge is 0.395 e. The van der Waals surface area contributed by atoms with E-state index in [0.717, 1.165) is 12.8 Å². The van der Waals surface area contributed by atoms with Crippen molar-refractivity contribution in [2.24, 2.45) is 0 Å². The molecule has 8 heteroatoms. The van der Waals surface area contributed by atoms with Gasteiger partial charge in [0.05, 0.1) is 17.9 Å². The molecule has 23 heavy (non-hydrogen) atoms. The van der Waals surface area contributed by atoms with Crippen molar-refractivity contribution >= 4 is 23.3 Å². The van der Waals surface area contributed by atoms with Crippen molar-refractivity contribution in [1.82, 2.24) is 15.0 Å². The molecule has 122 valence electrons. The summed E-state index contributed by atoms with van der Waals surface area (Å²) in [7, 11) is 1.59. The predicted octanol–water partition coefficient (Wildman–Crippen LogP) is 2.72. The summed E-state index contributed by atoms with van der Waals surface area (Å²) in [5, 5.41) is 16.1. The summed E-state index contributed by atoms with van der Waals surface area (Å²) in [6.07, 6.45) is 2.16. The number of carbonyl (C=O) groups is 1. The Kier molecular flexibility index (Phi) is 4.49. The molecule has 1 aromatic heterocycles. The van der Waals surface area contributed by atoms with Gasteiger partial charge in [0.25, 0.3) is 5.89 Å². The lowest BCUT2D eigenvalue weighted by Crippen LogP contribution is -2.33. The van der Waals surface area contributed by atoms with Crippen LogP contribution < -0.4 is 5.32 Å². The number of aliphatic hydroxyl groups is 1. The van der Waals surface area contributed by atoms with Crippen molar-refractivity contribution in [1.29, 1.82) is 0 Å². The molecule has 1 heterocycles. The third-order valence-electron chi connectivity index (χ3n) is 3.62. The minimum Gasteiger partial charge on any atom is -0.395 e. The third kappa shape index (κ3) is 3.62. The Labute approximate surface area is 138 Å². The number of rotatable bonds is 5. The maximum absolute atomic E-state index is 12.1. The average molecular weight is 337 g/mol. The Hall–Kier alpha value is -2.12. The van der Waals surface area contributed by atoms with Crippen LogP contribution in [0, 0.1) is 0 Å². The van der Waals surface area contributed by atoms with E-state index in [1.165, 1.54) is 4.90 Å². The van der Waals surface area contributed by atoms with Crippen LogP contribution in [0.1, 0.15) is 24.6 Å². The summed E-state index contributed by atoms with van der Waals surface area (Å²) in [6.45, 7) is 0.120. The summed E-state index contributed by atoms with van der Waals surface area (Å²) in [5.74, 6) is 1.43. The Balaban J connectivity index is 1.86. The van der Waals surface area contributed by atoms with E-state index in [0.29, 0.717) is 33.9 Å². The molecule has 1 aliphatic rings. The van der Waals surface area contributed by atoms with Gasteiger partial charge in [-0.05, 0) is 31.0 Å². The molecule has 0 bridgehead atoms. The zero-order chi connectivity index (χ0) is 16.4. The SMILES string of the molecule is CN(CCO)C(=O)Nc1cc(Cl)ccc1-c1nc(C2CC2)no1. The van der Waals surface area contributed by atoms with Gasteiger partial charge < -0.3 is 19.8 Å². The van der Waals surface area contributed by atoms with Gasteiger partial charge in [-0.3, -0.25) is 0 Å². The van der Waals surface area contributed by atoms with Gasteiger partial charge >= 0.3 is 6.03 Å². The second-order valence-electron chi connectivity index (χ2n) is 5.50. The standard InChI is InChI=1S/C15H17ClN4O3/c1-20(6-7-21)15(22)17-12-8-10(16)4-5-11(12)14-18-13(19-23-14)9-2-3-9/h4-5,8-9,21H,2-3,6-7H2,1H3,(H,17,22). The van der Waals surface area contributed by atoms with Crippen molar-refractivity contribution in [2.45, 2.75) is 18.8 Å². The number of urea groups is 1. The van der Waals surface area contributed by atoms with Gasteiger partial charge in [-0.1, -0.05) is 16.8 Å². The molecule has 3 rings (SSSR count). The second-order valence-corrected chi connectivity index (χ2v) is 5.93. The zero-order valence-corrected chi connectivity index (χ0v) is 13.4. The fourth-order valence-corrected chi connectivity index (χ4v) is 2.29. The Morgan fingerprint density at radius 3 is 3.00 bits per heavy atom. The number of anilines is 1. The van der Waals surface area contributed by atoms with Gasteiger partial charge in [-0.2, -0.15) is 4.98 Å². The first-order valence-electron chi connectivity index (χ1n) is 7.35. The van der Waals surface area contributed by atoms with E-state index >= 15 is 0 Å². The molecule has 1 aliphatic carbocycles. The third-order valence-corrected chi connectivity index (χ3v) is 3.86. The molecule has 0 spiro atoms. The van der Waals surface area contributed by atoms with Gasteiger partial charge in [-0.25, -0.2) is 4.79 Å². The van der Waals surface area contributed by atoms with Crippen molar-refractivity contribution in [3.05, 3.63) is 29.0 Å². The molecule has 0 saturated heterocycles. The molecule has 0 radical (unpaired) electrons. The fraction of sp³-hybridized carbons (Fsp3) is 0.400. The predicted molar refractivity (Wildman–Crippen MR) is 85.5 cm³/mol. The van der Waals surface area contributed by atoms with E-state index in [1.54, 1.807) is 25.2 Å². The van der Waals surface area contributed by atoms with E-state index in [9.17, 15) is 4.79 Å². The molecule has 1 fully saturated rings. The summed E-state index contributed by atoms with van der Waals surface area (Å²) in [6, 6.07) is 4.70. The normalized spacial score (nSPS) is 13.9. The lowest BCUT2D eigenvalue weighted by Gasteiger charge is -2.17. The molecule has 0 atom stereocenters. The van der Waals surface area contributed by atoms with E-state index in [2.05, 4.69) is 15.5 Å². The number of nitrogens with one attached hydrogen (secondary N) is 1. The van der Waals surface area contributed by atoms with Crippen LogP contribution in [0.15, 0.2) is 22.7 Å². The van der Waals surface area contributed by atoms with Crippen molar-refractivity contribution in [2.75, 3.05) is 25.5 Å². The Bertz CT molecular complexity index is 714. The molecule has 2 N–H and O–H groups in total. The monoisotopic (exact) mass is 336 g/mol. The maximum atomic E-state index is 12.1. The first-order valence-corrected chi connectivity index (χ1v) is 7.73. The van der Waals surface area contributed by atoms with Crippen LogP contribution in [0.2, 0.25) is 5.02 Å². The Morgan fingerprint density at radius 2 is 2.30 bits per heavy atom. The number of hydrogen-bond donors (Lipinski definition) is 2. The van der Waals surface area contributed by atoms with Crippen molar-refractivity contribution in [3.63, 3.8) is 0 Å². The lowest BCUT2D eigenvalue weighted by atomic mass is 10.1. The summed E-state index contributed by atoms with van der Waals surface area (Å²) >= 11 is 6.02. The van der Waals surface area contributed by atoms with E-state index < -0.39 is 0 Å². The number of amides is 2. The summed E-state index contributed by atoms with van der Waals surface area (Å²) in [4.78, 5) is 17.9. The van der Waals surface area contributed by atoms with Crippen molar-refractivity contribution < 1.29 is 14.4 Å². The van der Waals surface area contributed by atoms with Crippen molar-refractivity contribution in [3.8, 4) is 11.5 Å². The van der Waals surface area contributed by atoms with Crippen LogP contribution in [-0.4, -0.2) is 46.4 Å². The highest BCUT2D eigenvalue weighted by molar-refractivity contribution is 6.31. The summed E-state index contributed by atoms with van der Waals surface area (Å²) < 4.78 is 5.31. The number of nitrogens with zero attached hydrogens (tertiary/aromatic N) is 3. The highest BCUT2D eigenvalue weighted by Crippen LogP contribution is 2.39. The van der Waals surface area contributed by atoms with Gasteiger partial charge in [0.1, 0.15) is 0 Å². The fourth-order valence-electron chi connectivity index (χ4n) is 2.12. The number of aliphatic hydroxyl groups excluding tert-OH is 1. The van der Waals surface area contributed by atoms with Crippen LogP contribution in [0.4, 0.5) is 10.5 Å². The van der Waals surface area contributed by atoms with Gasteiger partial charge in [-0.15, -0.1) is 0 Å². The average Bonchev–Trinajstić information content (AvgIpc) is 3.26. The smallest absolute Gasteiger partial charge is 0.321 e. The Morgan fingerprint density at radius 1 is 1.52 bits per heavy atom. The molecule has 0 unspecified atom stereocenters.